The van der Waals surface area contributed by atoms with Gasteiger partial charge in [-0.3, -0.25) is 14.4 Å². The minimum atomic E-state index is -0.960. The number of fused-ring (bicyclic) bond motifs is 2. The average Bonchev–Trinajstić information content (AvgIpc) is 3.24. The van der Waals surface area contributed by atoms with Crippen LogP contribution in [0.15, 0.2) is 72.8 Å². The molecule has 8 heteroatoms. The molecule has 1 N–H and O–H groups in total. The standard InChI is InChI=1S/C35H41N3O4S/c1-22(2)27(21-39)38-30-33(42)37(26-19-23(3)13-14-24(26)4)18-10-16-35(30)29(32(38)41)28-31(40)36(17-9-15-34(28,5)43-35)20-25-11-7-6-8-12-25/h6-16,19,22,27-30,39H,17-18,20-21H2,1-5H3/t27-,28+,29-,30?,34-,35-/m0/s1. The molecule has 2 fully saturated rings. The maximum absolute atomic E-state index is 14.9. The number of carbonyl (C=O) groups is 3. The van der Waals surface area contributed by atoms with Gasteiger partial charge in [0.1, 0.15) is 6.04 Å². The molecule has 1 spiro atoms. The van der Waals surface area contributed by atoms with Crippen LogP contribution < -0.4 is 4.90 Å². The summed E-state index contributed by atoms with van der Waals surface area (Å²) in [5, 5.41) is 10.6. The fourth-order valence-corrected chi connectivity index (χ4v) is 9.81. The highest BCUT2D eigenvalue weighted by atomic mass is 32.2. The molecule has 0 aliphatic carbocycles. The van der Waals surface area contributed by atoms with E-state index >= 15 is 0 Å². The molecule has 1 unspecified atom stereocenters. The molecule has 2 saturated heterocycles. The molecular formula is C35H41N3O4S. The van der Waals surface area contributed by atoms with Crippen molar-refractivity contribution in [3.63, 3.8) is 0 Å². The van der Waals surface area contributed by atoms with E-state index < -0.39 is 33.4 Å². The summed E-state index contributed by atoms with van der Waals surface area (Å²) in [5.41, 5.74) is 3.87. The number of likely N-dealkylation sites (tertiary alicyclic amines) is 1. The number of aryl methyl sites for hydroxylation is 2. The highest BCUT2D eigenvalue weighted by molar-refractivity contribution is 8.02. The maximum Gasteiger partial charge on any atom is 0.251 e. The number of amides is 3. The topological polar surface area (TPSA) is 81.2 Å². The zero-order chi connectivity index (χ0) is 30.7. The zero-order valence-electron chi connectivity index (χ0n) is 25.6. The SMILES string of the molecule is Cc1ccc(C)c(N2CC=C[C@]34S[C@@]5(C)C=CCN(Cc6ccccc6)C(=O)[C@H]5[C@H]3C(=O)N([C@@H](CO)C(C)C)C4C2=O)c1. The Morgan fingerprint density at radius 2 is 1.65 bits per heavy atom. The van der Waals surface area contributed by atoms with Gasteiger partial charge in [0.15, 0.2) is 0 Å². The molecule has 4 aliphatic rings. The third kappa shape index (κ3) is 4.65. The first-order chi connectivity index (χ1) is 20.5. The number of hydrogen-bond donors (Lipinski definition) is 1. The summed E-state index contributed by atoms with van der Waals surface area (Å²) >= 11 is 1.58. The van der Waals surface area contributed by atoms with Gasteiger partial charge in [-0.15, -0.1) is 11.8 Å². The number of nitrogens with zero attached hydrogens (tertiary/aromatic N) is 3. The third-order valence-corrected chi connectivity index (χ3v) is 11.6. The van der Waals surface area contributed by atoms with Gasteiger partial charge in [0, 0.05) is 30.1 Å². The van der Waals surface area contributed by atoms with Gasteiger partial charge in [-0.25, -0.2) is 0 Å². The number of aliphatic hydroxyl groups excluding tert-OH is 1. The van der Waals surface area contributed by atoms with Gasteiger partial charge in [0.25, 0.3) is 5.91 Å². The molecule has 43 heavy (non-hydrogen) atoms. The average molecular weight is 600 g/mol. The number of hydrogen-bond acceptors (Lipinski definition) is 5. The van der Waals surface area contributed by atoms with Crippen molar-refractivity contribution >= 4 is 35.2 Å². The lowest BCUT2D eigenvalue weighted by Crippen LogP contribution is -2.58. The summed E-state index contributed by atoms with van der Waals surface area (Å²) < 4.78 is -1.64. The second-order valence-corrected chi connectivity index (χ2v) is 14.8. The van der Waals surface area contributed by atoms with Crippen LogP contribution >= 0.6 is 11.8 Å². The summed E-state index contributed by atoms with van der Waals surface area (Å²) in [6, 6.07) is 14.5. The van der Waals surface area contributed by atoms with Crippen molar-refractivity contribution in [1.29, 1.82) is 0 Å². The van der Waals surface area contributed by atoms with E-state index in [-0.39, 0.29) is 30.2 Å². The zero-order valence-corrected chi connectivity index (χ0v) is 26.4. The first-order valence-corrected chi connectivity index (χ1v) is 16.0. The molecule has 226 valence electrons. The summed E-state index contributed by atoms with van der Waals surface area (Å²) in [6.07, 6.45) is 8.18. The van der Waals surface area contributed by atoms with E-state index in [9.17, 15) is 19.5 Å². The lowest BCUT2D eigenvalue weighted by Gasteiger charge is -2.41. The Hall–Kier alpha value is -3.36. The van der Waals surface area contributed by atoms with E-state index in [1.165, 1.54) is 0 Å². The second-order valence-electron chi connectivity index (χ2n) is 13.0. The van der Waals surface area contributed by atoms with Gasteiger partial charge in [0.05, 0.1) is 29.2 Å². The lowest BCUT2D eigenvalue weighted by molar-refractivity contribution is -0.146. The molecule has 0 aromatic heterocycles. The predicted molar refractivity (Wildman–Crippen MR) is 170 cm³/mol. The van der Waals surface area contributed by atoms with Gasteiger partial charge in [-0.1, -0.05) is 80.6 Å². The van der Waals surface area contributed by atoms with Crippen LogP contribution in [0.25, 0.3) is 0 Å². The monoisotopic (exact) mass is 599 g/mol. The van der Waals surface area contributed by atoms with Gasteiger partial charge >= 0.3 is 0 Å². The van der Waals surface area contributed by atoms with E-state index in [4.69, 9.17) is 0 Å². The highest BCUT2D eigenvalue weighted by Gasteiger charge is 2.74. The largest absolute Gasteiger partial charge is 0.394 e. The number of anilines is 1. The van der Waals surface area contributed by atoms with Crippen molar-refractivity contribution in [3.05, 3.63) is 89.5 Å². The quantitative estimate of drug-likeness (QED) is 0.495. The Morgan fingerprint density at radius 3 is 2.35 bits per heavy atom. The molecule has 6 atom stereocenters. The van der Waals surface area contributed by atoms with Crippen LogP contribution in [0.5, 0.6) is 0 Å². The van der Waals surface area contributed by atoms with Crippen molar-refractivity contribution in [2.45, 2.75) is 62.7 Å². The Balaban J connectivity index is 1.48. The molecule has 0 radical (unpaired) electrons. The molecule has 0 bridgehead atoms. The number of carbonyl (C=O) groups excluding carboxylic acids is 3. The first-order valence-electron chi connectivity index (χ1n) is 15.2. The highest BCUT2D eigenvalue weighted by Crippen LogP contribution is 2.66. The Labute approximate surface area is 258 Å². The minimum absolute atomic E-state index is 0.0683. The molecule has 4 heterocycles. The molecule has 6 rings (SSSR count). The van der Waals surface area contributed by atoms with Crippen LogP contribution in [-0.4, -0.2) is 73.9 Å². The minimum Gasteiger partial charge on any atom is -0.394 e. The van der Waals surface area contributed by atoms with Gasteiger partial charge in [-0.2, -0.15) is 0 Å². The van der Waals surface area contributed by atoms with Crippen LogP contribution in [0.3, 0.4) is 0 Å². The Morgan fingerprint density at radius 1 is 0.930 bits per heavy atom. The fourth-order valence-electron chi connectivity index (χ4n) is 7.66. The summed E-state index contributed by atoms with van der Waals surface area (Å²) in [7, 11) is 0. The van der Waals surface area contributed by atoms with E-state index in [2.05, 4.69) is 6.08 Å². The van der Waals surface area contributed by atoms with Crippen molar-refractivity contribution in [2.24, 2.45) is 17.8 Å². The molecular weight excluding hydrogens is 558 g/mol. The van der Waals surface area contributed by atoms with Crippen molar-refractivity contribution in [3.8, 4) is 0 Å². The molecule has 2 aromatic carbocycles. The normalized spacial score (nSPS) is 30.8. The molecule has 3 amide bonds. The van der Waals surface area contributed by atoms with Crippen molar-refractivity contribution in [2.75, 3.05) is 24.6 Å². The molecule has 2 aromatic rings. The summed E-state index contributed by atoms with van der Waals surface area (Å²) in [6.45, 7) is 11.0. The first kappa shape index (κ1) is 29.7. The van der Waals surface area contributed by atoms with Crippen LogP contribution in [0.2, 0.25) is 0 Å². The van der Waals surface area contributed by atoms with Crippen molar-refractivity contribution < 1.29 is 19.5 Å². The predicted octanol–water partition coefficient (Wildman–Crippen LogP) is 4.51. The van der Waals surface area contributed by atoms with Crippen LogP contribution in [0, 0.1) is 31.6 Å². The summed E-state index contributed by atoms with van der Waals surface area (Å²) in [4.78, 5) is 49.5. The molecule has 7 nitrogen and oxygen atoms in total. The van der Waals surface area contributed by atoms with Crippen LogP contribution in [-0.2, 0) is 20.9 Å². The van der Waals surface area contributed by atoms with E-state index in [1.54, 1.807) is 21.6 Å². The van der Waals surface area contributed by atoms with Crippen LogP contribution in [0.1, 0.15) is 37.5 Å². The Bertz CT molecular complexity index is 1510. The number of thioether (sulfide) groups is 1. The van der Waals surface area contributed by atoms with E-state index in [1.807, 2.05) is 106 Å². The van der Waals surface area contributed by atoms with Crippen LogP contribution in [0.4, 0.5) is 5.69 Å². The van der Waals surface area contributed by atoms with Gasteiger partial charge in [0.2, 0.25) is 11.8 Å². The lowest BCUT2D eigenvalue weighted by atomic mass is 9.74. The van der Waals surface area contributed by atoms with Gasteiger partial charge < -0.3 is 19.8 Å². The van der Waals surface area contributed by atoms with E-state index in [0.29, 0.717) is 19.6 Å². The number of benzene rings is 2. The number of aliphatic hydroxyl groups is 1. The molecule has 0 saturated carbocycles. The summed E-state index contributed by atoms with van der Waals surface area (Å²) in [5.74, 6) is -1.94. The second kappa shape index (κ2) is 11.0. The third-order valence-electron chi connectivity index (χ3n) is 9.76. The van der Waals surface area contributed by atoms with E-state index in [0.717, 1.165) is 22.4 Å². The Kier molecular flexibility index (Phi) is 7.58. The van der Waals surface area contributed by atoms with Gasteiger partial charge in [-0.05, 0) is 49.4 Å². The molecule has 4 aliphatic heterocycles. The number of rotatable bonds is 6. The van der Waals surface area contributed by atoms with Crippen molar-refractivity contribution in [1.82, 2.24) is 9.80 Å². The fraction of sp³-hybridized carbons (Fsp3) is 0.457. The smallest absolute Gasteiger partial charge is 0.251 e. The maximum atomic E-state index is 14.9.